The van der Waals surface area contributed by atoms with Gasteiger partial charge < -0.3 is 25.4 Å². The maximum Gasteiger partial charge on any atom is 0.488 e. The van der Waals surface area contributed by atoms with Crippen LogP contribution in [0.1, 0.15) is 43.9 Å². The molecule has 2 amide bonds. The van der Waals surface area contributed by atoms with Gasteiger partial charge in [0, 0.05) is 12.1 Å². The van der Waals surface area contributed by atoms with Crippen molar-refractivity contribution < 1.29 is 35.0 Å². The molecule has 0 bridgehead atoms. The Morgan fingerprint density at radius 1 is 1.07 bits per heavy atom. The first-order chi connectivity index (χ1) is 20.7. The van der Waals surface area contributed by atoms with Gasteiger partial charge in [-0.05, 0) is 90.3 Å². The van der Waals surface area contributed by atoms with Crippen molar-refractivity contribution in [3.63, 3.8) is 0 Å². The number of allylic oxidation sites excluding steroid dienone is 2. The summed E-state index contributed by atoms with van der Waals surface area (Å²) in [6.45, 7) is 1.52. The highest BCUT2D eigenvalue weighted by Crippen LogP contribution is 2.48. The van der Waals surface area contributed by atoms with Crippen molar-refractivity contribution in [2.24, 2.45) is 17.8 Å². The summed E-state index contributed by atoms with van der Waals surface area (Å²) in [5.74, 6) is -3.02. The van der Waals surface area contributed by atoms with E-state index < -0.39 is 49.4 Å². The van der Waals surface area contributed by atoms with Crippen molar-refractivity contribution in [3.05, 3.63) is 95.3 Å². The lowest BCUT2D eigenvalue weighted by molar-refractivity contribution is -0.123. The molecule has 1 saturated heterocycles. The quantitative estimate of drug-likeness (QED) is 0.139. The van der Waals surface area contributed by atoms with E-state index in [1.807, 2.05) is 37.3 Å². The number of aromatic nitrogens is 1. The Hall–Kier alpha value is -4.09. The SMILES string of the molecule is CCC1=C([C@H](O)CC/C(=C/c2cccc(O)c2)c2ccccn2)[C@H](CO)[C@@H]2C(=O)N(c3cccc(B(O)O)c3)C(=O)[C@@H]2C1. The standard InChI is InChI=1S/C33H35BN2O7/c1-2-21-17-26-31(33(41)36(32(26)40)24-9-6-8-23(18-24)34(42)43)27(19-37)30(21)29(39)13-12-22(28-11-3-4-14-35-28)15-20-7-5-10-25(38)16-20/h3-11,14-16,18,26-27,29,31,37-39,42-43H,2,12-13,17,19H2,1H3/b22-15-/t26-,27+,29-,31-/m1/s1. The fourth-order valence-electron chi connectivity index (χ4n) is 6.47. The van der Waals surface area contributed by atoms with Crippen LogP contribution in [-0.2, 0) is 9.59 Å². The van der Waals surface area contributed by atoms with E-state index in [0.29, 0.717) is 24.8 Å². The number of phenols is 1. The minimum atomic E-state index is -1.76. The van der Waals surface area contributed by atoms with Crippen molar-refractivity contribution in [1.82, 2.24) is 4.98 Å². The van der Waals surface area contributed by atoms with Gasteiger partial charge in [-0.1, -0.05) is 42.8 Å². The number of aliphatic hydroxyl groups excluding tert-OH is 2. The minimum Gasteiger partial charge on any atom is -0.508 e. The number of hydrogen-bond donors (Lipinski definition) is 5. The number of benzene rings is 2. The first kappa shape index (κ1) is 30.4. The van der Waals surface area contributed by atoms with E-state index in [0.717, 1.165) is 27.3 Å². The second kappa shape index (κ2) is 13.1. The van der Waals surface area contributed by atoms with Gasteiger partial charge in [0.1, 0.15) is 5.75 Å². The number of hydrogen-bond acceptors (Lipinski definition) is 8. The molecule has 9 nitrogen and oxygen atoms in total. The van der Waals surface area contributed by atoms with E-state index in [4.69, 9.17) is 0 Å². The molecule has 3 aromatic rings. The van der Waals surface area contributed by atoms with Crippen molar-refractivity contribution in [2.45, 2.75) is 38.7 Å². The molecule has 0 radical (unpaired) electrons. The molecule has 1 aromatic heterocycles. The second-order valence-corrected chi connectivity index (χ2v) is 11.1. The predicted molar refractivity (Wildman–Crippen MR) is 164 cm³/mol. The molecule has 2 heterocycles. The van der Waals surface area contributed by atoms with Crippen LogP contribution in [0.25, 0.3) is 11.6 Å². The number of amides is 2. The summed E-state index contributed by atoms with van der Waals surface area (Å²) in [4.78, 5) is 32.9. The van der Waals surface area contributed by atoms with Crippen LogP contribution in [0.15, 0.2) is 84.1 Å². The number of phenolic OH excluding ortho intramolecular Hbond substituents is 1. The monoisotopic (exact) mass is 582 g/mol. The van der Waals surface area contributed by atoms with E-state index in [2.05, 4.69) is 4.98 Å². The molecule has 4 atom stereocenters. The zero-order valence-corrected chi connectivity index (χ0v) is 23.9. The van der Waals surface area contributed by atoms with Crippen LogP contribution in [0.5, 0.6) is 5.75 Å². The molecule has 1 aliphatic heterocycles. The first-order valence-electron chi connectivity index (χ1n) is 14.5. The van der Waals surface area contributed by atoms with Crippen LogP contribution >= 0.6 is 0 Å². The Morgan fingerprint density at radius 3 is 2.53 bits per heavy atom. The Kier molecular flexibility index (Phi) is 9.22. The fraction of sp³-hybridized carbons (Fsp3) is 0.303. The molecule has 10 heteroatoms. The molecule has 5 N–H and O–H groups in total. The number of fused-ring (bicyclic) bond motifs is 1. The lowest BCUT2D eigenvalue weighted by Crippen LogP contribution is -2.39. The van der Waals surface area contributed by atoms with Gasteiger partial charge in [0.25, 0.3) is 0 Å². The Labute approximate surface area is 250 Å². The van der Waals surface area contributed by atoms with E-state index in [-0.39, 0.29) is 23.3 Å². The number of carbonyl (C=O) groups excluding carboxylic acids is 2. The third kappa shape index (κ3) is 6.19. The molecular formula is C33H35BN2O7. The molecule has 43 heavy (non-hydrogen) atoms. The number of rotatable bonds is 10. The van der Waals surface area contributed by atoms with Crippen molar-refractivity contribution in [3.8, 4) is 5.75 Å². The molecule has 1 fully saturated rings. The molecule has 0 unspecified atom stereocenters. The lowest BCUT2D eigenvalue weighted by atomic mass is 9.67. The van der Waals surface area contributed by atoms with Crippen LogP contribution in [0.2, 0.25) is 0 Å². The highest BCUT2D eigenvalue weighted by molar-refractivity contribution is 6.58. The summed E-state index contributed by atoms with van der Waals surface area (Å²) in [6.07, 6.45) is 4.18. The van der Waals surface area contributed by atoms with E-state index in [1.165, 1.54) is 12.1 Å². The molecule has 2 aromatic carbocycles. The Bertz CT molecular complexity index is 1560. The predicted octanol–water partition coefficient (Wildman–Crippen LogP) is 2.67. The lowest BCUT2D eigenvalue weighted by Gasteiger charge is -2.36. The summed E-state index contributed by atoms with van der Waals surface area (Å²) in [6, 6.07) is 18.4. The second-order valence-electron chi connectivity index (χ2n) is 11.1. The zero-order valence-electron chi connectivity index (χ0n) is 23.9. The average Bonchev–Trinajstić information content (AvgIpc) is 3.27. The van der Waals surface area contributed by atoms with Crippen molar-refractivity contribution >= 4 is 41.7 Å². The van der Waals surface area contributed by atoms with Gasteiger partial charge in [0.15, 0.2) is 0 Å². The van der Waals surface area contributed by atoms with E-state index in [1.54, 1.807) is 36.5 Å². The van der Waals surface area contributed by atoms with Gasteiger partial charge in [0.2, 0.25) is 11.8 Å². The van der Waals surface area contributed by atoms with Crippen LogP contribution in [0.4, 0.5) is 5.69 Å². The van der Waals surface area contributed by atoms with Gasteiger partial charge in [-0.3, -0.25) is 19.5 Å². The topological polar surface area (TPSA) is 151 Å². The number of nitrogens with zero attached hydrogens (tertiary/aromatic N) is 2. The Balaban J connectivity index is 1.43. The third-order valence-corrected chi connectivity index (χ3v) is 8.49. The first-order valence-corrected chi connectivity index (χ1v) is 14.5. The van der Waals surface area contributed by atoms with Crippen LogP contribution < -0.4 is 10.4 Å². The molecule has 222 valence electrons. The summed E-state index contributed by atoms with van der Waals surface area (Å²) >= 11 is 0. The highest BCUT2D eigenvalue weighted by Gasteiger charge is 2.55. The number of carbonyl (C=O) groups is 2. The number of aliphatic hydroxyl groups is 2. The van der Waals surface area contributed by atoms with Crippen LogP contribution in [0, 0.1) is 17.8 Å². The molecular weight excluding hydrogens is 547 g/mol. The largest absolute Gasteiger partial charge is 0.508 e. The summed E-state index contributed by atoms with van der Waals surface area (Å²) in [7, 11) is -1.76. The van der Waals surface area contributed by atoms with E-state index >= 15 is 0 Å². The Morgan fingerprint density at radius 2 is 1.86 bits per heavy atom. The summed E-state index contributed by atoms with van der Waals surface area (Å²) in [5, 5.41) is 51.4. The summed E-state index contributed by atoms with van der Waals surface area (Å²) in [5.41, 5.74) is 4.21. The summed E-state index contributed by atoms with van der Waals surface area (Å²) < 4.78 is 0. The third-order valence-electron chi connectivity index (χ3n) is 8.49. The maximum atomic E-state index is 13.8. The number of anilines is 1. The number of aromatic hydroxyl groups is 1. The molecule has 5 rings (SSSR count). The highest BCUT2D eigenvalue weighted by atomic mass is 16.4. The zero-order chi connectivity index (χ0) is 30.7. The van der Waals surface area contributed by atoms with E-state index in [9.17, 15) is 35.0 Å². The van der Waals surface area contributed by atoms with Crippen LogP contribution in [0.3, 0.4) is 0 Å². The maximum absolute atomic E-state index is 13.8. The number of imide groups is 1. The van der Waals surface area contributed by atoms with Gasteiger partial charge in [-0.2, -0.15) is 0 Å². The van der Waals surface area contributed by atoms with Crippen molar-refractivity contribution in [1.29, 1.82) is 0 Å². The average molecular weight is 582 g/mol. The number of pyridine rings is 1. The van der Waals surface area contributed by atoms with Gasteiger partial charge in [0.05, 0.1) is 35.9 Å². The molecule has 0 spiro atoms. The van der Waals surface area contributed by atoms with Gasteiger partial charge in [-0.15, -0.1) is 0 Å². The molecule has 0 saturated carbocycles. The van der Waals surface area contributed by atoms with Crippen molar-refractivity contribution in [2.75, 3.05) is 11.5 Å². The van der Waals surface area contributed by atoms with Gasteiger partial charge >= 0.3 is 7.12 Å². The fourth-order valence-corrected chi connectivity index (χ4v) is 6.47. The normalized spacial score (nSPS) is 21.3. The van der Waals surface area contributed by atoms with Crippen LogP contribution in [-0.4, -0.2) is 62.0 Å². The molecule has 1 aliphatic carbocycles. The molecule has 2 aliphatic rings. The minimum absolute atomic E-state index is 0.138. The smallest absolute Gasteiger partial charge is 0.488 e. The van der Waals surface area contributed by atoms with Gasteiger partial charge in [-0.25, -0.2) is 0 Å².